The van der Waals surface area contributed by atoms with Crippen LogP contribution >= 0.6 is 0 Å². The first kappa shape index (κ1) is 13.0. The first-order valence-electron chi connectivity index (χ1n) is 7.86. The van der Waals surface area contributed by atoms with Crippen LogP contribution in [0, 0.1) is 5.92 Å². The third kappa shape index (κ3) is 2.61. The number of nitrogens with zero attached hydrogens (tertiary/aromatic N) is 2. The van der Waals surface area contributed by atoms with Gasteiger partial charge in [0.15, 0.2) is 5.76 Å². The SMILES string of the molecule is c1ccc(-c2cc(CN3CCCC4CNCC43)on2)cc1. The monoisotopic (exact) mass is 283 g/mol. The molecule has 2 atom stereocenters. The first-order valence-corrected chi connectivity index (χ1v) is 7.86. The molecule has 110 valence electrons. The van der Waals surface area contributed by atoms with Gasteiger partial charge in [0.2, 0.25) is 0 Å². The summed E-state index contributed by atoms with van der Waals surface area (Å²) in [7, 11) is 0. The molecule has 3 heterocycles. The van der Waals surface area contributed by atoms with Crippen LogP contribution in [0.4, 0.5) is 0 Å². The zero-order chi connectivity index (χ0) is 14.1. The van der Waals surface area contributed by atoms with Crippen molar-refractivity contribution in [1.29, 1.82) is 0 Å². The summed E-state index contributed by atoms with van der Waals surface area (Å²) in [5.74, 6) is 1.79. The molecule has 2 unspecified atom stereocenters. The highest BCUT2D eigenvalue weighted by Gasteiger charge is 2.35. The predicted octanol–water partition coefficient (Wildman–Crippen LogP) is 2.53. The average molecular weight is 283 g/mol. The first-order chi connectivity index (χ1) is 10.4. The van der Waals surface area contributed by atoms with E-state index in [9.17, 15) is 0 Å². The summed E-state index contributed by atoms with van der Waals surface area (Å²) in [6.07, 6.45) is 2.66. The van der Waals surface area contributed by atoms with E-state index in [0.717, 1.165) is 36.0 Å². The molecule has 4 heteroatoms. The van der Waals surface area contributed by atoms with Crippen molar-refractivity contribution in [2.45, 2.75) is 25.4 Å². The lowest BCUT2D eigenvalue weighted by molar-refractivity contribution is 0.106. The van der Waals surface area contributed by atoms with Gasteiger partial charge in [0.05, 0.1) is 6.54 Å². The lowest BCUT2D eigenvalue weighted by atomic mass is 9.92. The second-order valence-electron chi connectivity index (χ2n) is 6.14. The normalized spacial score (nSPS) is 25.9. The minimum absolute atomic E-state index is 0.670. The molecular weight excluding hydrogens is 262 g/mol. The predicted molar refractivity (Wildman–Crippen MR) is 81.7 cm³/mol. The second-order valence-corrected chi connectivity index (χ2v) is 6.14. The molecule has 0 bridgehead atoms. The van der Waals surface area contributed by atoms with Gasteiger partial charge in [0.25, 0.3) is 0 Å². The highest BCUT2D eigenvalue weighted by Crippen LogP contribution is 2.28. The topological polar surface area (TPSA) is 41.3 Å². The zero-order valence-electron chi connectivity index (χ0n) is 12.2. The summed E-state index contributed by atoms with van der Waals surface area (Å²) in [5, 5.41) is 7.74. The van der Waals surface area contributed by atoms with Gasteiger partial charge in [0.1, 0.15) is 5.69 Å². The Kier molecular flexibility index (Phi) is 3.49. The zero-order valence-corrected chi connectivity index (χ0v) is 12.2. The molecule has 0 aliphatic carbocycles. The number of likely N-dealkylation sites (tertiary alicyclic amines) is 1. The van der Waals surface area contributed by atoms with E-state index < -0.39 is 0 Å². The molecule has 2 aliphatic rings. The van der Waals surface area contributed by atoms with Gasteiger partial charge in [-0.1, -0.05) is 35.5 Å². The molecule has 4 rings (SSSR count). The van der Waals surface area contributed by atoms with Crippen molar-refractivity contribution >= 4 is 0 Å². The smallest absolute Gasteiger partial charge is 0.151 e. The molecule has 0 spiro atoms. The molecule has 2 aliphatic heterocycles. The van der Waals surface area contributed by atoms with E-state index in [-0.39, 0.29) is 0 Å². The Morgan fingerprint density at radius 2 is 2.14 bits per heavy atom. The van der Waals surface area contributed by atoms with E-state index >= 15 is 0 Å². The van der Waals surface area contributed by atoms with E-state index in [4.69, 9.17) is 4.52 Å². The average Bonchev–Trinajstić information content (AvgIpc) is 3.17. The van der Waals surface area contributed by atoms with Crippen molar-refractivity contribution in [1.82, 2.24) is 15.4 Å². The van der Waals surface area contributed by atoms with Gasteiger partial charge in [-0.25, -0.2) is 0 Å². The Labute approximate surface area is 125 Å². The van der Waals surface area contributed by atoms with Crippen LogP contribution in [-0.2, 0) is 6.54 Å². The van der Waals surface area contributed by atoms with Crippen molar-refractivity contribution < 1.29 is 4.52 Å². The van der Waals surface area contributed by atoms with Crippen LogP contribution in [0.2, 0.25) is 0 Å². The minimum atomic E-state index is 0.670. The number of hydrogen-bond donors (Lipinski definition) is 1. The maximum atomic E-state index is 5.56. The van der Waals surface area contributed by atoms with Gasteiger partial charge in [0, 0.05) is 24.2 Å². The highest BCUT2D eigenvalue weighted by atomic mass is 16.5. The van der Waals surface area contributed by atoms with Crippen LogP contribution in [0.3, 0.4) is 0 Å². The molecule has 2 fully saturated rings. The van der Waals surface area contributed by atoms with Crippen LogP contribution in [0.5, 0.6) is 0 Å². The van der Waals surface area contributed by atoms with Crippen LogP contribution in [-0.4, -0.2) is 35.7 Å². The van der Waals surface area contributed by atoms with Gasteiger partial charge >= 0.3 is 0 Å². The molecule has 1 aromatic heterocycles. The van der Waals surface area contributed by atoms with Crippen LogP contribution in [0.1, 0.15) is 18.6 Å². The molecule has 0 amide bonds. The molecule has 0 saturated carbocycles. The van der Waals surface area contributed by atoms with Gasteiger partial charge in [-0.2, -0.15) is 0 Å². The maximum Gasteiger partial charge on any atom is 0.151 e. The lowest BCUT2D eigenvalue weighted by Gasteiger charge is -2.36. The molecule has 21 heavy (non-hydrogen) atoms. The fraction of sp³-hybridized carbons (Fsp3) is 0.471. The third-order valence-corrected chi connectivity index (χ3v) is 4.78. The van der Waals surface area contributed by atoms with Gasteiger partial charge in [-0.05, 0) is 31.8 Å². The van der Waals surface area contributed by atoms with Gasteiger partial charge in [-0.15, -0.1) is 0 Å². The number of hydrogen-bond acceptors (Lipinski definition) is 4. The number of nitrogens with one attached hydrogen (secondary N) is 1. The standard InChI is InChI=1S/C17H21N3O/c1-2-5-13(6-3-1)16-9-15(21-19-16)12-20-8-4-7-14-10-18-11-17(14)20/h1-3,5-6,9,14,17-18H,4,7-8,10-12H2. The van der Waals surface area contributed by atoms with Crippen LogP contribution < -0.4 is 5.32 Å². The minimum Gasteiger partial charge on any atom is -0.359 e. The van der Waals surface area contributed by atoms with Crippen molar-refractivity contribution in [3.8, 4) is 11.3 Å². The Hall–Kier alpha value is -1.65. The van der Waals surface area contributed by atoms with E-state index in [0.29, 0.717) is 6.04 Å². The fourth-order valence-electron chi connectivity index (χ4n) is 3.69. The van der Waals surface area contributed by atoms with E-state index in [2.05, 4.69) is 33.6 Å². The van der Waals surface area contributed by atoms with Crippen LogP contribution in [0.25, 0.3) is 11.3 Å². The number of benzene rings is 1. The highest BCUT2D eigenvalue weighted by molar-refractivity contribution is 5.58. The summed E-state index contributed by atoms with van der Waals surface area (Å²) in [4.78, 5) is 2.56. The summed E-state index contributed by atoms with van der Waals surface area (Å²) >= 11 is 0. The molecule has 2 aromatic rings. The summed E-state index contributed by atoms with van der Waals surface area (Å²) < 4.78 is 5.56. The van der Waals surface area contributed by atoms with E-state index in [1.165, 1.54) is 25.9 Å². The summed E-state index contributed by atoms with van der Waals surface area (Å²) in [6, 6.07) is 13.0. The van der Waals surface area contributed by atoms with Crippen molar-refractivity contribution in [3.05, 3.63) is 42.2 Å². The molecule has 4 nitrogen and oxygen atoms in total. The van der Waals surface area contributed by atoms with Crippen molar-refractivity contribution in [2.24, 2.45) is 5.92 Å². The molecular formula is C17H21N3O. The quantitative estimate of drug-likeness (QED) is 0.940. The Bertz CT molecular complexity index is 595. The Morgan fingerprint density at radius 1 is 1.24 bits per heavy atom. The number of piperidine rings is 1. The molecule has 2 saturated heterocycles. The van der Waals surface area contributed by atoms with Gasteiger partial charge < -0.3 is 9.84 Å². The fourth-order valence-corrected chi connectivity index (χ4v) is 3.69. The van der Waals surface area contributed by atoms with Gasteiger partial charge in [-0.3, -0.25) is 4.90 Å². The van der Waals surface area contributed by atoms with Crippen LogP contribution in [0.15, 0.2) is 40.9 Å². The van der Waals surface area contributed by atoms with E-state index in [1.807, 2.05) is 18.2 Å². The third-order valence-electron chi connectivity index (χ3n) is 4.78. The summed E-state index contributed by atoms with van der Waals surface area (Å²) in [5.41, 5.74) is 2.05. The largest absolute Gasteiger partial charge is 0.359 e. The maximum absolute atomic E-state index is 5.56. The molecule has 1 N–H and O–H groups in total. The van der Waals surface area contributed by atoms with Crippen molar-refractivity contribution in [2.75, 3.05) is 19.6 Å². The lowest BCUT2D eigenvalue weighted by Crippen LogP contribution is -2.44. The second kappa shape index (κ2) is 5.62. The van der Waals surface area contributed by atoms with Crippen molar-refractivity contribution in [3.63, 3.8) is 0 Å². The van der Waals surface area contributed by atoms with E-state index in [1.54, 1.807) is 0 Å². The Balaban J connectivity index is 1.49. The summed E-state index contributed by atoms with van der Waals surface area (Å²) in [6.45, 7) is 4.34. The number of fused-ring (bicyclic) bond motifs is 1. The number of aromatic nitrogens is 1. The molecule has 0 radical (unpaired) electrons. The Morgan fingerprint density at radius 3 is 3.05 bits per heavy atom. The molecule has 1 aromatic carbocycles. The number of rotatable bonds is 3.